The lowest BCUT2D eigenvalue weighted by Gasteiger charge is -2.39. The number of nitrogens with one attached hydrogen (secondary N) is 1. The highest BCUT2D eigenvalue weighted by Gasteiger charge is 2.27. The summed E-state index contributed by atoms with van der Waals surface area (Å²) >= 11 is 0. The molecule has 1 aromatic rings. The van der Waals surface area contributed by atoms with Crippen molar-refractivity contribution in [3.8, 4) is 0 Å². The van der Waals surface area contributed by atoms with Crippen molar-refractivity contribution in [3.63, 3.8) is 0 Å². The average molecular weight is 236 g/mol. The molecule has 0 radical (unpaired) electrons. The van der Waals surface area contributed by atoms with E-state index in [4.69, 9.17) is 0 Å². The molecule has 0 aromatic carbocycles. The van der Waals surface area contributed by atoms with Gasteiger partial charge in [0.2, 0.25) is 0 Å². The average Bonchev–Trinajstić information content (AvgIpc) is 2.76. The van der Waals surface area contributed by atoms with Crippen LogP contribution in [0.1, 0.15) is 37.9 Å². The molecule has 2 atom stereocenters. The van der Waals surface area contributed by atoms with Gasteiger partial charge in [-0.2, -0.15) is 5.10 Å². The van der Waals surface area contributed by atoms with Crippen LogP contribution in [0.2, 0.25) is 0 Å². The number of nitrogens with zero attached hydrogens (tertiary/aromatic N) is 3. The lowest BCUT2D eigenvalue weighted by molar-refractivity contribution is 0.0991. The number of aromatic nitrogens is 2. The monoisotopic (exact) mass is 236 g/mol. The molecule has 2 rings (SSSR count). The molecule has 1 saturated heterocycles. The highest BCUT2D eigenvalue weighted by Crippen LogP contribution is 2.27. The second kappa shape index (κ2) is 5.65. The zero-order valence-electron chi connectivity index (χ0n) is 11.2. The summed E-state index contributed by atoms with van der Waals surface area (Å²) in [5.74, 6) is 0. The van der Waals surface area contributed by atoms with Gasteiger partial charge in [0.05, 0.1) is 5.69 Å². The van der Waals surface area contributed by atoms with Crippen LogP contribution >= 0.6 is 0 Å². The molecule has 1 aliphatic rings. The largest absolute Gasteiger partial charge is 0.318 e. The Hall–Kier alpha value is -0.870. The van der Waals surface area contributed by atoms with E-state index in [1.54, 1.807) is 0 Å². The molecule has 0 amide bonds. The van der Waals surface area contributed by atoms with E-state index in [0.29, 0.717) is 12.1 Å². The van der Waals surface area contributed by atoms with Gasteiger partial charge >= 0.3 is 0 Å². The lowest BCUT2D eigenvalue weighted by atomic mass is 9.99. The normalized spacial score (nSPS) is 23.8. The number of likely N-dealkylation sites (N-methyl/N-ethyl adjacent to an activating group) is 1. The zero-order valence-corrected chi connectivity index (χ0v) is 11.2. The van der Waals surface area contributed by atoms with E-state index in [2.05, 4.69) is 28.3 Å². The van der Waals surface area contributed by atoms with Crippen LogP contribution < -0.4 is 5.32 Å². The number of hydrogen-bond donors (Lipinski definition) is 1. The molecular weight excluding hydrogens is 212 g/mol. The molecule has 1 aliphatic heterocycles. The minimum absolute atomic E-state index is 0.459. The fraction of sp³-hybridized carbons (Fsp3) is 0.769. The quantitative estimate of drug-likeness (QED) is 0.861. The molecule has 1 aromatic heterocycles. The van der Waals surface area contributed by atoms with Gasteiger partial charge in [-0.3, -0.25) is 9.58 Å². The van der Waals surface area contributed by atoms with Gasteiger partial charge in [0, 0.05) is 31.9 Å². The molecule has 0 spiro atoms. The molecule has 1 fully saturated rings. The van der Waals surface area contributed by atoms with Gasteiger partial charge < -0.3 is 5.32 Å². The van der Waals surface area contributed by atoms with E-state index in [1.165, 1.54) is 31.5 Å². The Kier molecular flexibility index (Phi) is 4.18. The summed E-state index contributed by atoms with van der Waals surface area (Å²) in [5, 5.41) is 7.60. The Bertz CT molecular complexity index is 345. The number of hydrogen-bond acceptors (Lipinski definition) is 3. The number of aryl methyl sites for hydroxylation is 1. The fourth-order valence-corrected chi connectivity index (χ4v) is 2.95. The molecule has 2 unspecified atom stereocenters. The Morgan fingerprint density at radius 1 is 1.53 bits per heavy atom. The van der Waals surface area contributed by atoms with Gasteiger partial charge in [-0.05, 0) is 39.4 Å². The second-order valence-corrected chi connectivity index (χ2v) is 5.00. The fourth-order valence-electron chi connectivity index (χ4n) is 2.95. The van der Waals surface area contributed by atoms with Crippen molar-refractivity contribution >= 4 is 0 Å². The van der Waals surface area contributed by atoms with Gasteiger partial charge in [-0.25, -0.2) is 0 Å². The Labute approximate surface area is 104 Å². The molecule has 0 aliphatic carbocycles. The van der Waals surface area contributed by atoms with Gasteiger partial charge in [0.25, 0.3) is 0 Å². The number of likely N-dealkylation sites (tertiary alicyclic amines) is 1. The highest BCUT2D eigenvalue weighted by atomic mass is 15.3. The van der Waals surface area contributed by atoms with Crippen LogP contribution in [0.3, 0.4) is 0 Å². The molecule has 17 heavy (non-hydrogen) atoms. The Morgan fingerprint density at radius 2 is 2.35 bits per heavy atom. The predicted octanol–water partition coefficient (Wildman–Crippen LogP) is 1.55. The molecular formula is C13H24N4. The molecule has 96 valence electrons. The lowest BCUT2D eigenvalue weighted by Crippen LogP contribution is -2.46. The van der Waals surface area contributed by atoms with Gasteiger partial charge in [0.1, 0.15) is 0 Å². The van der Waals surface area contributed by atoms with Crippen molar-refractivity contribution < 1.29 is 0 Å². The van der Waals surface area contributed by atoms with E-state index in [-0.39, 0.29) is 0 Å². The van der Waals surface area contributed by atoms with E-state index in [0.717, 1.165) is 6.54 Å². The molecule has 0 bridgehead atoms. The van der Waals surface area contributed by atoms with Crippen molar-refractivity contribution in [2.75, 3.05) is 20.1 Å². The van der Waals surface area contributed by atoms with Crippen LogP contribution in [-0.4, -0.2) is 40.9 Å². The van der Waals surface area contributed by atoms with Crippen molar-refractivity contribution in [1.29, 1.82) is 0 Å². The van der Waals surface area contributed by atoms with Crippen LogP contribution in [0.4, 0.5) is 0 Å². The van der Waals surface area contributed by atoms with Crippen molar-refractivity contribution in [1.82, 2.24) is 20.0 Å². The van der Waals surface area contributed by atoms with Crippen molar-refractivity contribution in [2.24, 2.45) is 7.05 Å². The molecule has 2 heterocycles. The third-order valence-electron chi connectivity index (χ3n) is 3.90. The summed E-state index contributed by atoms with van der Waals surface area (Å²) in [5.41, 5.74) is 1.31. The highest BCUT2D eigenvalue weighted by molar-refractivity contribution is 5.07. The summed E-state index contributed by atoms with van der Waals surface area (Å²) in [4.78, 5) is 2.62. The van der Waals surface area contributed by atoms with Crippen molar-refractivity contribution in [2.45, 2.75) is 38.3 Å². The van der Waals surface area contributed by atoms with E-state index >= 15 is 0 Å². The predicted molar refractivity (Wildman–Crippen MR) is 69.9 cm³/mol. The Balaban J connectivity index is 2.10. The molecule has 0 saturated carbocycles. The standard InChI is InChI=1S/C13H24N4/c1-11(13-7-8-15-16(13)3)17-9-5-4-6-12(17)10-14-2/h7-8,11-12,14H,4-6,9-10H2,1-3H3. The van der Waals surface area contributed by atoms with Crippen LogP contribution in [0.25, 0.3) is 0 Å². The molecule has 4 nitrogen and oxygen atoms in total. The van der Waals surface area contributed by atoms with Crippen LogP contribution in [0, 0.1) is 0 Å². The van der Waals surface area contributed by atoms with Crippen molar-refractivity contribution in [3.05, 3.63) is 18.0 Å². The van der Waals surface area contributed by atoms with Crippen LogP contribution in [0.15, 0.2) is 12.3 Å². The van der Waals surface area contributed by atoms with Crippen LogP contribution in [-0.2, 0) is 7.05 Å². The van der Waals surface area contributed by atoms with Gasteiger partial charge in [-0.15, -0.1) is 0 Å². The van der Waals surface area contributed by atoms with Crippen LogP contribution in [0.5, 0.6) is 0 Å². The minimum Gasteiger partial charge on any atom is -0.318 e. The summed E-state index contributed by atoms with van der Waals surface area (Å²) in [6, 6.07) is 3.26. The van der Waals surface area contributed by atoms with E-state index < -0.39 is 0 Å². The first-order valence-corrected chi connectivity index (χ1v) is 6.62. The first-order valence-electron chi connectivity index (χ1n) is 6.62. The summed E-state index contributed by atoms with van der Waals surface area (Å²) in [7, 11) is 4.07. The number of rotatable bonds is 4. The minimum atomic E-state index is 0.459. The zero-order chi connectivity index (χ0) is 12.3. The first kappa shape index (κ1) is 12.6. The smallest absolute Gasteiger partial charge is 0.0549 e. The first-order chi connectivity index (χ1) is 8.24. The second-order valence-electron chi connectivity index (χ2n) is 5.00. The SMILES string of the molecule is CNCC1CCCCN1C(C)c1ccnn1C. The summed E-state index contributed by atoms with van der Waals surface area (Å²) < 4.78 is 2.00. The third kappa shape index (κ3) is 2.69. The maximum atomic E-state index is 4.28. The van der Waals surface area contributed by atoms with Gasteiger partial charge in [-0.1, -0.05) is 6.42 Å². The summed E-state index contributed by atoms with van der Waals surface area (Å²) in [6.07, 6.45) is 5.88. The number of piperidine rings is 1. The molecule has 1 N–H and O–H groups in total. The maximum Gasteiger partial charge on any atom is 0.0549 e. The Morgan fingerprint density at radius 3 is 3.00 bits per heavy atom. The van der Waals surface area contributed by atoms with E-state index in [9.17, 15) is 0 Å². The third-order valence-corrected chi connectivity index (χ3v) is 3.90. The molecule has 4 heteroatoms. The van der Waals surface area contributed by atoms with E-state index in [1.807, 2.05) is 25.0 Å². The van der Waals surface area contributed by atoms with Gasteiger partial charge in [0.15, 0.2) is 0 Å². The summed E-state index contributed by atoms with van der Waals surface area (Å²) in [6.45, 7) is 4.59. The topological polar surface area (TPSA) is 33.1 Å². The maximum absolute atomic E-state index is 4.28.